The molecule has 1 aromatic heterocycles. The Morgan fingerprint density at radius 1 is 1.06 bits per heavy atom. The third kappa shape index (κ3) is 3.19. The molecule has 0 aliphatic heterocycles. The summed E-state index contributed by atoms with van der Waals surface area (Å²) in [5.74, 6) is 0. The minimum atomic E-state index is 0.216. The van der Waals surface area contributed by atoms with Gasteiger partial charge in [0.1, 0.15) is 0 Å². The van der Waals surface area contributed by atoms with E-state index >= 15 is 0 Å². The number of nitrogens with zero attached hydrogens (tertiary/aromatic N) is 1. The van der Waals surface area contributed by atoms with Gasteiger partial charge < -0.3 is 0 Å². The summed E-state index contributed by atoms with van der Waals surface area (Å²) in [5.41, 5.74) is 4.27. The van der Waals surface area contributed by atoms with Crippen LogP contribution in [0.5, 0.6) is 0 Å². The summed E-state index contributed by atoms with van der Waals surface area (Å²) in [4.78, 5) is 0. The van der Waals surface area contributed by atoms with Crippen molar-refractivity contribution in [1.82, 2.24) is 0 Å². The summed E-state index contributed by atoms with van der Waals surface area (Å²) in [6.07, 6.45) is 4.31. The predicted octanol–water partition coefficient (Wildman–Crippen LogP) is 3.63. The molecule has 0 aliphatic rings. The molecule has 0 aliphatic carbocycles. The lowest BCUT2D eigenvalue weighted by Gasteiger charge is -2.19. The van der Waals surface area contributed by atoms with Gasteiger partial charge >= 0.3 is 0 Å². The SMILES string of the molecule is Cc1ccc[n+](Cc2cccc(C(C)(C)C)c2)c1. The minimum Gasteiger partial charge on any atom is -0.201 e. The lowest BCUT2D eigenvalue weighted by atomic mass is 9.86. The van der Waals surface area contributed by atoms with Crippen LogP contribution < -0.4 is 4.57 Å². The van der Waals surface area contributed by atoms with Gasteiger partial charge in [-0.25, -0.2) is 4.57 Å². The predicted molar refractivity (Wildman–Crippen MR) is 75.6 cm³/mol. The lowest BCUT2D eigenvalue weighted by Crippen LogP contribution is -2.33. The van der Waals surface area contributed by atoms with Crippen LogP contribution in [0.1, 0.15) is 37.5 Å². The fourth-order valence-corrected chi connectivity index (χ4v) is 2.10. The van der Waals surface area contributed by atoms with Crippen LogP contribution in [0, 0.1) is 6.92 Å². The number of rotatable bonds is 2. The van der Waals surface area contributed by atoms with Crippen molar-refractivity contribution in [3.8, 4) is 0 Å². The molecule has 2 rings (SSSR count). The van der Waals surface area contributed by atoms with Crippen LogP contribution >= 0.6 is 0 Å². The van der Waals surface area contributed by atoms with Gasteiger partial charge in [0.05, 0.1) is 0 Å². The largest absolute Gasteiger partial charge is 0.201 e. The van der Waals surface area contributed by atoms with Gasteiger partial charge in [-0.2, -0.15) is 0 Å². The molecule has 0 spiro atoms. The summed E-state index contributed by atoms with van der Waals surface area (Å²) < 4.78 is 2.23. The van der Waals surface area contributed by atoms with E-state index < -0.39 is 0 Å². The van der Waals surface area contributed by atoms with E-state index in [0.717, 1.165) is 6.54 Å². The molecule has 0 N–H and O–H groups in total. The Hall–Kier alpha value is -1.63. The van der Waals surface area contributed by atoms with Gasteiger partial charge in [-0.1, -0.05) is 39.0 Å². The second-order valence-corrected chi connectivity index (χ2v) is 6.00. The van der Waals surface area contributed by atoms with Gasteiger partial charge in [-0.15, -0.1) is 0 Å². The first-order valence-corrected chi connectivity index (χ1v) is 6.50. The molecule has 1 heterocycles. The number of hydrogen-bond acceptors (Lipinski definition) is 0. The van der Waals surface area contributed by atoms with Crippen molar-refractivity contribution in [3.63, 3.8) is 0 Å². The van der Waals surface area contributed by atoms with Crippen molar-refractivity contribution >= 4 is 0 Å². The van der Waals surface area contributed by atoms with Crippen LogP contribution in [-0.4, -0.2) is 0 Å². The molecule has 0 bridgehead atoms. The van der Waals surface area contributed by atoms with Crippen molar-refractivity contribution in [3.05, 3.63) is 65.5 Å². The topological polar surface area (TPSA) is 3.88 Å². The highest BCUT2D eigenvalue weighted by atomic mass is 14.9. The fraction of sp³-hybridized carbons (Fsp3) is 0.353. The zero-order valence-electron chi connectivity index (χ0n) is 11.8. The molecule has 0 fully saturated rings. The number of aryl methyl sites for hydroxylation is 1. The molecular weight excluding hydrogens is 218 g/mol. The van der Waals surface area contributed by atoms with Crippen LogP contribution in [0.2, 0.25) is 0 Å². The van der Waals surface area contributed by atoms with Crippen molar-refractivity contribution < 1.29 is 4.57 Å². The zero-order valence-corrected chi connectivity index (χ0v) is 11.8. The summed E-state index contributed by atoms with van der Waals surface area (Å²) in [5, 5.41) is 0. The first-order valence-electron chi connectivity index (χ1n) is 6.50. The van der Waals surface area contributed by atoms with Gasteiger partial charge in [0.25, 0.3) is 0 Å². The standard InChI is InChI=1S/C17H22N/c1-14-7-6-10-18(12-14)13-15-8-5-9-16(11-15)17(2,3)4/h5-12H,13H2,1-4H3/q+1. The van der Waals surface area contributed by atoms with Gasteiger partial charge in [-0.05, 0) is 30.0 Å². The summed E-state index contributed by atoms with van der Waals surface area (Å²) >= 11 is 0. The quantitative estimate of drug-likeness (QED) is 0.706. The van der Waals surface area contributed by atoms with Gasteiger partial charge in [-0.3, -0.25) is 0 Å². The number of pyridine rings is 1. The van der Waals surface area contributed by atoms with Crippen molar-refractivity contribution in [2.75, 3.05) is 0 Å². The number of benzene rings is 1. The Kier molecular flexibility index (Phi) is 3.51. The van der Waals surface area contributed by atoms with Crippen LogP contribution in [0.25, 0.3) is 0 Å². The molecule has 1 aromatic carbocycles. The highest BCUT2D eigenvalue weighted by molar-refractivity contribution is 5.28. The second kappa shape index (κ2) is 4.93. The molecule has 0 amide bonds. The Labute approximate surface area is 110 Å². The zero-order chi connectivity index (χ0) is 13.2. The molecular formula is C17H22N+. The molecule has 94 valence electrons. The van der Waals surface area contributed by atoms with Crippen LogP contribution in [0.3, 0.4) is 0 Å². The van der Waals surface area contributed by atoms with E-state index in [9.17, 15) is 0 Å². The third-order valence-corrected chi connectivity index (χ3v) is 3.16. The normalized spacial score (nSPS) is 11.6. The van der Waals surface area contributed by atoms with E-state index in [-0.39, 0.29) is 5.41 Å². The Morgan fingerprint density at radius 2 is 1.83 bits per heavy atom. The van der Waals surface area contributed by atoms with Crippen LogP contribution in [0.4, 0.5) is 0 Å². The maximum Gasteiger partial charge on any atom is 0.173 e. The van der Waals surface area contributed by atoms with Gasteiger partial charge in [0.2, 0.25) is 0 Å². The molecule has 0 atom stereocenters. The van der Waals surface area contributed by atoms with E-state index in [1.54, 1.807) is 0 Å². The van der Waals surface area contributed by atoms with Crippen molar-refractivity contribution in [1.29, 1.82) is 0 Å². The maximum absolute atomic E-state index is 2.31. The van der Waals surface area contributed by atoms with Crippen molar-refractivity contribution in [2.45, 2.75) is 39.7 Å². The second-order valence-electron chi connectivity index (χ2n) is 6.00. The highest BCUT2D eigenvalue weighted by Gasteiger charge is 2.14. The molecule has 2 aromatic rings. The summed E-state index contributed by atoms with van der Waals surface area (Å²) in [6.45, 7) is 9.83. The Morgan fingerprint density at radius 3 is 2.50 bits per heavy atom. The first-order chi connectivity index (χ1) is 8.45. The molecule has 1 heteroatoms. The average molecular weight is 240 g/mol. The molecule has 0 radical (unpaired) electrons. The lowest BCUT2D eigenvalue weighted by molar-refractivity contribution is -0.688. The Bertz CT molecular complexity index is 535. The average Bonchev–Trinajstić information content (AvgIpc) is 2.28. The number of aromatic nitrogens is 1. The molecule has 18 heavy (non-hydrogen) atoms. The number of hydrogen-bond donors (Lipinski definition) is 0. The Balaban J connectivity index is 2.25. The van der Waals surface area contributed by atoms with E-state index in [0.29, 0.717) is 0 Å². The van der Waals surface area contributed by atoms with Crippen molar-refractivity contribution in [2.24, 2.45) is 0 Å². The van der Waals surface area contributed by atoms with Gasteiger partial charge in [0.15, 0.2) is 18.9 Å². The molecule has 1 nitrogen and oxygen atoms in total. The van der Waals surface area contributed by atoms with Crippen LogP contribution in [0.15, 0.2) is 48.8 Å². The smallest absolute Gasteiger partial charge is 0.173 e. The van der Waals surface area contributed by atoms with Gasteiger partial charge in [0, 0.05) is 17.2 Å². The fourth-order valence-electron chi connectivity index (χ4n) is 2.10. The van der Waals surface area contributed by atoms with E-state index in [2.05, 4.69) is 81.1 Å². The highest BCUT2D eigenvalue weighted by Crippen LogP contribution is 2.22. The van der Waals surface area contributed by atoms with E-state index in [1.807, 2.05) is 0 Å². The molecule has 0 saturated heterocycles. The van der Waals surface area contributed by atoms with E-state index in [1.165, 1.54) is 16.7 Å². The van der Waals surface area contributed by atoms with Crippen LogP contribution in [-0.2, 0) is 12.0 Å². The molecule has 0 unspecified atom stereocenters. The summed E-state index contributed by atoms with van der Waals surface area (Å²) in [6, 6.07) is 13.1. The molecule has 0 saturated carbocycles. The third-order valence-electron chi connectivity index (χ3n) is 3.16. The monoisotopic (exact) mass is 240 g/mol. The minimum absolute atomic E-state index is 0.216. The maximum atomic E-state index is 2.31. The van der Waals surface area contributed by atoms with E-state index in [4.69, 9.17) is 0 Å². The summed E-state index contributed by atoms with van der Waals surface area (Å²) in [7, 11) is 0. The first kappa shape index (κ1) is 12.8.